The molecule has 9 heavy (non-hydrogen) atoms. The molecule has 0 aliphatic heterocycles. The molecule has 0 bridgehead atoms. The van der Waals surface area contributed by atoms with Crippen molar-refractivity contribution in [1.82, 2.24) is 9.36 Å². The molecule has 0 amide bonds. The lowest BCUT2D eigenvalue weighted by atomic mass is 10.5. The number of nitrogens with zero attached hydrogens (tertiary/aromatic N) is 2. The number of hydrogen-bond donors (Lipinski definition) is 1. The molecule has 1 N–H and O–H groups in total. The van der Waals surface area contributed by atoms with Crippen molar-refractivity contribution in [2.75, 3.05) is 0 Å². The Kier molecular flexibility index (Phi) is 2.13. The zero-order valence-corrected chi connectivity index (χ0v) is 5.98. The molecule has 0 saturated carbocycles. The molecule has 0 aliphatic rings. The van der Waals surface area contributed by atoms with E-state index in [2.05, 4.69) is 9.36 Å². The van der Waals surface area contributed by atoms with Crippen LogP contribution in [0.1, 0.15) is 17.8 Å². The monoisotopic (exact) mass is 144 g/mol. The average Bonchev–Trinajstić information content (AvgIpc) is 2.34. The van der Waals surface area contributed by atoms with Crippen molar-refractivity contribution >= 4 is 11.5 Å². The van der Waals surface area contributed by atoms with Gasteiger partial charge < -0.3 is 5.11 Å². The number of aromatic nitrogens is 2. The molecular formula is C5H8N2OS. The molecule has 0 aliphatic carbocycles. The fraction of sp³-hybridized carbons (Fsp3) is 0.600. The number of aryl methyl sites for hydroxylation is 1. The van der Waals surface area contributed by atoms with E-state index in [9.17, 15) is 0 Å². The molecule has 1 aromatic rings. The summed E-state index contributed by atoms with van der Waals surface area (Å²) >= 11 is 1.26. The maximum Gasteiger partial charge on any atom is 0.142 e. The highest BCUT2D eigenvalue weighted by atomic mass is 32.1. The smallest absolute Gasteiger partial charge is 0.142 e. The van der Waals surface area contributed by atoms with Gasteiger partial charge in [0.05, 0.1) is 6.61 Å². The Morgan fingerprint density at radius 2 is 2.44 bits per heavy atom. The third-order valence-electron chi connectivity index (χ3n) is 0.962. The maximum absolute atomic E-state index is 8.55. The number of aliphatic hydroxyl groups excluding tert-OH is 1. The van der Waals surface area contributed by atoms with Crippen molar-refractivity contribution < 1.29 is 5.11 Å². The minimum Gasteiger partial charge on any atom is -0.389 e. The van der Waals surface area contributed by atoms with E-state index in [0.717, 1.165) is 12.2 Å². The van der Waals surface area contributed by atoms with Gasteiger partial charge in [-0.2, -0.15) is 4.37 Å². The second kappa shape index (κ2) is 2.89. The molecule has 3 nitrogen and oxygen atoms in total. The summed E-state index contributed by atoms with van der Waals surface area (Å²) < 4.78 is 3.98. The van der Waals surface area contributed by atoms with Gasteiger partial charge in [0.25, 0.3) is 0 Å². The summed E-state index contributed by atoms with van der Waals surface area (Å²) in [4.78, 5) is 4.00. The number of aliphatic hydroxyl groups is 1. The summed E-state index contributed by atoms with van der Waals surface area (Å²) in [5.74, 6) is 0.823. The van der Waals surface area contributed by atoms with Gasteiger partial charge in [-0.25, -0.2) is 4.98 Å². The van der Waals surface area contributed by atoms with Gasteiger partial charge in [0.1, 0.15) is 10.8 Å². The molecule has 0 saturated heterocycles. The second-order valence-electron chi connectivity index (χ2n) is 1.62. The third-order valence-corrected chi connectivity index (χ3v) is 1.69. The Morgan fingerprint density at radius 3 is 2.78 bits per heavy atom. The van der Waals surface area contributed by atoms with Gasteiger partial charge in [-0.3, -0.25) is 0 Å². The van der Waals surface area contributed by atoms with Crippen LogP contribution >= 0.6 is 11.5 Å². The fourth-order valence-electron chi connectivity index (χ4n) is 0.498. The molecule has 0 unspecified atom stereocenters. The molecule has 0 atom stereocenters. The first-order valence-electron chi connectivity index (χ1n) is 2.79. The van der Waals surface area contributed by atoms with Crippen LogP contribution in [0.5, 0.6) is 0 Å². The van der Waals surface area contributed by atoms with E-state index in [4.69, 9.17) is 5.11 Å². The zero-order chi connectivity index (χ0) is 6.69. The minimum absolute atomic E-state index is 0.0116. The Morgan fingerprint density at radius 1 is 1.67 bits per heavy atom. The molecular weight excluding hydrogens is 136 g/mol. The highest BCUT2D eigenvalue weighted by molar-refractivity contribution is 7.05. The average molecular weight is 144 g/mol. The van der Waals surface area contributed by atoms with Crippen LogP contribution in [-0.2, 0) is 13.0 Å². The van der Waals surface area contributed by atoms with E-state index in [-0.39, 0.29) is 6.61 Å². The van der Waals surface area contributed by atoms with Crippen LogP contribution in [-0.4, -0.2) is 14.5 Å². The largest absolute Gasteiger partial charge is 0.389 e. The summed E-state index contributed by atoms with van der Waals surface area (Å²) in [5, 5.41) is 9.26. The van der Waals surface area contributed by atoms with Crippen molar-refractivity contribution in [3.8, 4) is 0 Å². The van der Waals surface area contributed by atoms with Gasteiger partial charge in [0.15, 0.2) is 0 Å². The minimum atomic E-state index is 0.0116. The standard InChI is InChI=1S/C5H8N2OS/c1-2-4-6-5(3-8)9-7-4/h8H,2-3H2,1H3. The van der Waals surface area contributed by atoms with E-state index in [1.165, 1.54) is 11.5 Å². The summed E-state index contributed by atoms with van der Waals surface area (Å²) in [6.45, 7) is 2.00. The quantitative estimate of drug-likeness (QED) is 0.661. The van der Waals surface area contributed by atoms with Crippen LogP contribution in [0, 0.1) is 0 Å². The van der Waals surface area contributed by atoms with Crippen LogP contribution in [0.2, 0.25) is 0 Å². The van der Waals surface area contributed by atoms with Crippen molar-refractivity contribution in [3.05, 3.63) is 10.8 Å². The highest BCUT2D eigenvalue weighted by Gasteiger charge is 1.97. The second-order valence-corrected chi connectivity index (χ2v) is 2.45. The lowest BCUT2D eigenvalue weighted by Crippen LogP contribution is -1.84. The predicted molar refractivity (Wildman–Crippen MR) is 35.2 cm³/mol. The molecule has 50 valence electrons. The molecule has 0 fully saturated rings. The van der Waals surface area contributed by atoms with Crippen molar-refractivity contribution in [3.63, 3.8) is 0 Å². The third kappa shape index (κ3) is 1.46. The van der Waals surface area contributed by atoms with E-state index in [1.54, 1.807) is 0 Å². The fourth-order valence-corrected chi connectivity index (χ4v) is 1.08. The lowest BCUT2D eigenvalue weighted by Gasteiger charge is -1.80. The first kappa shape index (κ1) is 6.64. The normalized spacial score (nSPS) is 10.0. The van der Waals surface area contributed by atoms with E-state index < -0.39 is 0 Å². The molecule has 0 radical (unpaired) electrons. The summed E-state index contributed by atoms with van der Waals surface area (Å²) in [7, 11) is 0. The Labute approximate surface area is 57.5 Å². The summed E-state index contributed by atoms with van der Waals surface area (Å²) in [5.41, 5.74) is 0. The molecule has 1 rings (SSSR count). The van der Waals surface area contributed by atoms with Gasteiger partial charge in [0, 0.05) is 6.42 Å². The van der Waals surface area contributed by atoms with E-state index >= 15 is 0 Å². The maximum atomic E-state index is 8.55. The van der Waals surface area contributed by atoms with Gasteiger partial charge in [-0.1, -0.05) is 6.92 Å². The number of hydrogen-bond acceptors (Lipinski definition) is 4. The highest BCUT2D eigenvalue weighted by Crippen LogP contribution is 2.03. The Bertz CT molecular complexity index is 168. The summed E-state index contributed by atoms with van der Waals surface area (Å²) in [6.07, 6.45) is 0.844. The Hall–Kier alpha value is -0.480. The van der Waals surface area contributed by atoms with Crippen molar-refractivity contribution in [2.45, 2.75) is 20.0 Å². The van der Waals surface area contributed by atoms with Crippen LogP contribution in [0.25, 0.3) is 0 Å². The van der Waals surface area contributed by atoms with Gasteiger partial charge in [-0.05, 0) is 11.5 Å². The topological polar surface area (TPSA) is 46.0 Å². The van der Waals surface area contributed by atoms with Crippen LogP contribution < -0.4 is 0 Å². The van der Waals surface area contributed by atoms with Crippen molar-refractivity contribution in [2.24, 2.45) is 0 Å². The van der Waals surface area contributed by atoms with E-state index in [0.29, 0.717) is 5.01 Å². The first-order chi connectivity index (χ1) is 4.36. The van der Waals surface area contributed by atoms with Crippen LogP contribution in [0.3, 0.4) is 0 Å². The van der Waals surface area contributed by atoms with Crippen LogP contribution in [0.4, 0.5) is 0 Å². The van der Waals surface area contributed by atoms with Gasteiger partial charge >= 0.3 is 0 Å². The SMILES string of the molecule is CCc1nsc(CO)n1. The number of rotatable bonds is 2. The Balaban J connectivity index is 2.74. The molecule has 1 aromatic heterocycles. The van der Waals surface area contributed by atoms with E-state index in [1.807, 2.05) is 6.92 Å². The predicted octanol–water partition coefficient (Wildman–Crippen LogP) is 0.593. The van der Waals surface area contributed by atoms with Crippen molar-refractivity contribution in [1.29, 1.82) is 0 Å². The summed E-state index contributed by atoms with van der Waals surface area (Å²) in [6, 6.07) is 0. The lowest BCUT2D eigenvalue weighted by molar-refractivity contribution is 0.281. The zero-order valence-electron chi connectivity index (χ0n) is 5.16. The molecule has 4 heteroatoms. The van der Waals surface area contributed by atoms with Gasteiger partial charge in [-0.15, -0.1) is 0 Å². The molecule has 0 spiro atoms. The molecule has 1 heterocycles. The van der Waals surface area contributed by atoms with Gasteiger partial charge in [0.2, 0.25) is 0 Å². The first-order valence-corrected chi connectivity index (χ1v) is 3.56. The molecule has 0 aromatic carbocycles. The van der Waals surface area contributed by atoms with Crippen LogP contribution in [0.15, 0.2) is 0 Å².